The van der Waals surface area contributed by atoms with Gasteiger partial charge in [0.1, 0.15) is 5.41 Å². The molecule has 1 fully saturated rings. The van der Waals surface area contributed by atoms with Crippen LogP contribution in [0, 0.1) is 10.8 Å². The number of aromatic nitrogens is 1. The zero-order valence-electron chi connectivity index (χ0n) is 20.2. The molecule has 2 aliphatic heterocycles. The number of anilines is 1. The largest absolute Gasteiger partial charge is 0.352 e. The molecule has 1 aliphatic carbocycles. The van der Waals surface area contributed by atoms with Crippen molar-refractivity contribution in [2.75, 3.05) is 4.90 Å². The van der Waals surface area contributed by atoms with E-state index in [1.54, 1.807) is 48.8 Å². The van der Waals surface area contributed by atoms with Crippen LogP contribution in [0.3, 0.4) is 0 Å². The summed E-state index contributed by atoms with van der Waals surface area (Å²) >= 11 is 6.31. The molecule has 180 valence electrons. The fourth-order valence-corrected chi connectivity index (χ4v) is 6.51. The molecule has 0 saturated carbocycles. The number of fused-ring (bicyclic) bond motifs is 5. The van der Waals surface area contributed by atoms with Gasteiger partial charge in [-0.05, 0) is 35.4 Å². The molecule has 1 aromatic heterocycles. The highest BCUT2D eigenvalue weighted by atomic mass is 35.5. The Morgan fingerprint density at radius 2 is 1.69 bits per heavy atom. The van der Waals surface area contributed by atoms with Crippen molar-refractivity contribution in [1.82, 2.24) is 4.98 Å². The van der Waals surface area contributed by atoms with Crippen LogP contribution in [-0.2, 0) is 4.79 Å². The van der Waals surface area contributed by atoms with E-state index >= 15 is 0 Å². The number of hydrogen-bond donors (Lipinski definition) is 0. The van der Waals surface area contributed by atoms with Crippen LogP contribution in [0.5, 0.6) is 0 Å². The third-order valence-corrected chi connectivity index (χ3v) is 8.05. The second-order valence-electron chi connectivity index (χ2n) is 10.8. The van der Waals surface area contributed by atoms with Crippen LogP contribution in [0.25, 0.3) is 6.08 Å². The summed E-state index contributed by atoms with van der Waals surface area (Å²) in [4.78, 5) is 49.4. The summed E-state index contributed by atoms with van der Waals surface area (Å²) in [5, 5.41) is 0.577. The maximum absolute atomic E-state index is 14.4. The minimum atomic E-state index is -1.49. The van der Waals surface area contributed by atoms with E-state index in [4.69, 9.17) is 11.6 Å². The normalized spacial score (nSPS) is 23.6. The summed E-state index contributed by atoms with van der Waals surface area (Å²) in [5.41, 5.74) is 0.956. The lowest BCUT2D eigenvalue weighted by Crippen LogP contribution is -2.49. The molecule has 3 atom stereocenters. The summed E-state index contributed by atoms with van der Waals surface area (Å²) in [5.74, 6) is -1.23. The summed E-state index contributed by atoms with van der Waals surface area (Å²) in [7, 11) is 0. The Morgan fingerprint density at radius 3 is 2.31 bits per heavy atom. The molecule has 3 heterocycles. The first kappa shape index (κ1) is 22.9. The highest BCUT2D eigenvalue weighted by molar-refractivity contribution is 6.32. The number of carbonyl (C=O) groups excluding carboxylic acids is 3. The van der Waals surface area contributed by atoms with Crippen LogP contribution in [-0.4, -0.2) is 34.4 Å². The molecule has 36 heavy (non-hydrogen) atoms. The number of halogens is 1. The summed E-state index contributed by atoms with van der Waals surface area (Å²) in [6, 6.07) is 14.8. The van der Waals surface area contributed by atoms with Gasteiger partial charge in [-0.2, -0.15) is 0 Å². The molecule has 2 aromatic carbocycles. The molecule has 1 saturated heterocycles. The molecule has 0 unspecified atom stereocenters. The van der Waals surface area contributed by atoms with Crippen molar-refractivity contribution in [3.8, 4) is 0 Å². The predicted octanol–water partition coefficient (Wildman–Crippen LogP) is 5.78. The molecule has 3 aromatic rings. The van der Waals surface area contributed by atoms with Crippen molar-refractivity contribution < 1.29 is 14.4 Å². The first-order valence-electron chi connectivity index (χ1n) is 12.1. The van der Waals surface area contributed by atoms with Crippen molar-refractivity contribution in [1.29, 1.82) is 0 Å². The maximum Gasteiger partial charge on any atom is 0.180 e. The molecule has 6 rings (SSSR count). The Bertz CT molecular complexity index is 1440. The summed E-state index contributed by atoms with van der Waals surface area (Å²) in [6.45, 7) is 5.64. The number of hydrogen-bond acceptors (Lipinski definition) is 5. The molecule has 1 spiro atoms. The number of carbonyl (C=O) groups is 3. The number of Topliss-reactive ketones (excluding diaryl/α,β-unsaturated/α-hetero) is 3. The maximum atomic E-state index is 14.4. The van der Waals surface area contributed by atoms with Crippen molar-refractivity contribution >= 4 is 40.7 Å². The third kappa shape index (κ3) is 2.89. The number of benzene rings is 2. The van der Waals surface area contributed by atoms with Gasteiger partial charge in [-0.15, -0.1) is 0 Å². The van der Waals surface area contributed by atoms with Gasteiger partial charge >= 0.3 is 0 Å². The minimum absolute atomic E-state index is 0.0361. The predicted molar refractivity (Wildman–Crippen MR) is 140 cm³/mol. The van der Waals surface area contributed by atoms with Gasteiger partial charge in [-0.3, -0.25) is 19.4 Å². The molecule has 0 N–H and O–H groups in total. The fourth-order valence-electron chi connectivity index (χ4n) is 6.32. The van der Waals surface area contributed by atoms with Gasteiger partial charge in [0.2, 0.25) is 0 Å². The Labute approximate surface area is 214 Å². The van der Waals surface area contributed by atoms with E-state index in [1.165, 1.54) is 0 Å². The average Bonchev–Trinajstić information content (AvgIpc) is 3.29. The van der Waals surface area contributed by atoms with Gasteiger partial charge in [-0.1, -0.05) is 74.9 Å². The zero-order chi connectivity index (χ0) is 25.4. The van der Waals surface area contributed by atoms with E-state index in [9.17, 15) is 14.4 Å². The first-order chi connectivity index (χ1) is 17.2. The van der Waals surface area contributed by atoms with E-state index in [0.717, 1.165) is 11.3 Å². The lowest BCUT2D eigenvalue weighted by Gasteiger charge is -2.38. The van der Waals surface area contributed by atoms with Gasteiger partial charge in [0.15, 0.2) is 17.3 Å². The molecule has 0 radical (unpaired) electrons. The molecule has 0 bridgehead atoms. The van der Waals surface area contributed by atoms with Crippen molar-refractivity contribution in [2.24, 2.45) is 10.8 Å². The highest BCUT2D eigenvalue weighted by Crippen LogP contribution is 2.61. The monoisotopic (exact) mass is 496 g/mol. The van der Waals surface area contributed by atoms with E-state index in [-0.39, 0.29) is 17.3 Å². The number of rotatable bonds is 2. The highest BCUT2D eigenvalue weighted by Gasteiger charge is 2.72. The van der Waals surface area contributed by atoms with E-state index in [1.807, 2.05) is 56.0 Å². The Kier molecular flexibility index (Phi) is 4.90. The molecular formula is C30H25ClN2O3. The number of ketones is 3. The number of nitrogens with zero attached hydrogens (tertiary/aromatic N) is 2. The van der Waals surface area contributed by atoms with Gasteiger partial charge in [0.25, 0.3) is 0 Å². The summed E-state index contributed by atoms with van der Waals surface area (Å²) < 4.78 is 0. The Morgan fingerprint density at radius 1 is 1.00 bits per heavy atom. The third-order valence-electron chi connectivity index (χ3n) is 7.82. The van der Waals surface area contributed by atoms with Gasteiger partial charge < -0.3 is 4.90 Å². The molecular weight excluding hydrogens is 472 g/mol. The smallest absolute Gasteiger partial charge is 0.180 e. The van der Waals surface area contributed by atoms with Gasteiger partial charge in [0, 0.05) is 45.6 Å². The fraction of sp³-hybridized carbons (Fsp3) is 0.267. The second kappa shape index (κ2) is 7.71. The van der Waals surface area contributed by atoms with E-state index < -0.39 is 28.8 Å². The molecule has 6 heteroatoms. The quantitative estimate of drug-likeness (QED) is 0.420. The van der Waals surface area contributed by atoms with Crippen LogP contribution in [0.15, 0.2) is 73.1 Å². The second-order valence-corrected chi connectivity index (χ2v) is 11.2. The van der Waals surface area contributed by atoms with Crippen molar-refractivity contribution in [3.63, 3.8) is 0 Å². The molecule has 5 nitrogen and oxygen atoms in total. The average molecular weight is 497 g/mol. The lowest BCUT2D eigenvalue weighted by atomic mass is 9.63. The van der Waals surface area contributed by atoms with Crippen LogP contribution in [0.4, 0.5) is 5.69 Å². The standard InChI is InChI=1S/C30H25ClN2O3/c1-29(2,3)28(36)25-24(18-7-6-14-32-16-18)30(26(34)20-8-4-5-9-21(20)27(30)35)23-13-10-17-15-19(31)11-12-22(17)33(23)25/h4-16,23-25H,1-3H3/t23-,24+,25-/m0/s1. The lowest BCUT2D eigenvalue weighted by molar-refractivity contribution is -0.127. The molecule has 0 amide bonds. The molecule has 3 aliphatic rings. The first-order valence-corrected chi connectivity index (χ1v) is 12.4. The van der Waals surface area contributed by atoms with Crippen molar-refractivity contribution in [3.05, 3.63) is 100 Å². The topological polar surface area (TPSA) is 67.3 Å². The van der Waals surface area contributed by atoms with Crippen molar-refractivity contribution in [2.45, 2.75) is 38.8 Å². The van der Waals surface area contributed by atoms with E-state index in [0.29, 0.717) is 21.7 Å². The van der Waals surface area contributed by atoms with Crippen LogP contribution < -0.4 is 4.90 Å². The van der Waals surface area contributed by atoms with Crippen LogP contribution in [0.1, 0.15) is 58.5 Å². The number of pyridine rings is 1. The van der Waals surface area contributed by atoms with Gasteiger partial charge in [-0.25, -0.2) is 0 Å². The Hall–Kier alpha value is -3.57. The Balaban J connectivity index is 1.70. The van der Waals surface area contributed by atoms with Crippen LogP contribution >= 0.6 is 11.6 Å². The SMILES string of the molecule is CC(C)(C)C(=O)[C@@H]1[C@@H](c2cccnc2)C2(C(=O)c3ccccc3C2=O)[C@@H]2C=Cc3cc(Cl)ccc3N12. The van der Waals surface area contributed by atoms with Crippen LogP contribution in [0.2, 0.25) is 5.02 Å². The minimum Gasteiger partial charge on any atom is -0.352 e. The van der Waals surface area contributed by atoms with Gasteiger partial charge in [0.05, 0.1) is 12.1 Å². The zero-order valence-corrected chi connectivity index (χ0v) is 21.0. The van der Waals surface area contributed by atoms with E-state index in [2.05, 4.69) is 4.98 Å². The summed E-state index contributed by atoms with van der Waals surface area (Å²) in [6.07, 6.45) is 7.16.